The molecule has 108 valence electrons. The fraction of sp³-hybridized carbons (Fsp3) is 0.143. The minimum Gasteiger partial charge on any atom is -0.380 e. The number of thiazole rings is 1. The second kappa shape index (κ2) is 6.05. The molecule has 7 heteroatoms. The lowest BCUT2D eigenvalue weighted by atomic mass is 10.2. The lowest BCUT2D eigenvalue weighted by Gasteiger charge is -2.09. The maximum absolute atomic E-state index is 6.33. The maximum Gasteiger partial charge on any atom is 0.183 e. The van der Waals surface area contributed by atoms with Crippen LogP contribution in [0.3, 0.4) is 0 Å². The summed E-state index contributed by atoms with van der Waals surface area (Å²) in [5.41, 5.74) is 2.75. The molecule has 0 aliphatic heterocycles. The fourth-order valence-corrected chi connectivity index (χ4v) is 3.09. The summed E-state index contributed by atoms with van der Waals surface area (Å²) in [6.07, 6.45) is 3.66. The molecule has 0 unspecified atom stereocenters. The predicted molar refractivity (Wildman–Crippen MR) is 87.8 cm³/mol. The first-order valence-corrected chi connectivity index (χ1v) is 7.85. The molecule has 1 aromatic carbocycles. The standard InChI is InChI=1S/C14H12Cl2N4S/c1-9-4-5-20(19-9)13-3-2-10(6-12(13)15)17-7-11-8-18-14(16)21-11/h2-6,8,17H,7H2,1H3. The Morgan fingerprint density at radius 1 is 1.29 bits per heavy atom. The molecule has 2 aromatic heterocycles. The Balaban J connectivity index is 1.75. The predicted octanol–water partition coefficient (Wildman–Crippen LogP) is 4.56. The lowest BCUT2D eigenvalue weighted by Crippen LogP contribution is -2.00. The Bertz CT molecular complexity index is 766. The molecule has 0 radical (unpaired) electrons. The summed E-state index contributed by atoms with van der Waals surface area (Å²) in [5, 5.41) is 8.30. The van der Waals surface area contributed by atoms with E-state index in [0.29, 0.717) is 16.0 Å². The number of rotatable bonds is 4. The number of aryl methyl sites for hydroxylation is 1. The summed E-state index contributed by atoms with van der Waals surface area (Å²) >= 11 is 13.6. The van der Waals surface area contributed by atoms with Crippen molar-refractivity contribution in [2.45, 2.75) is 13.5 Å². The van der Waals surface area contributed by atoms with Gasteiger partial charge in [-0.2, -0.15) is 5.10 Å². The van der Waals surface area contributed by atoms with Crippen LogP contribution in [-0.4, -0.2) is 14.8 Å². The number of aromatic nitrogens is 3. The second-order valence-corrected chi connectivity index (χ2v) is 6.61. The van der Waals surface area contributed by atoms with Crippen LogP contribution < -0.4 is 5.32 Å². The van der Waals surface area contributed by atoms with Gasteiger partial charge in [-0.15, -0.1) is 11.3 Å². The Morgan fingerprint density at radius 3 is 2.76 bits per heavy atom. The van der Waals surface area contributed by atoms with Crippen LogP contribution in [0.2, 0.25) is 9.49 Å². The Kier molecular flexibility index (Phi) is 4.14. The molecule has 0 amide bonds. The maximum atomic E-state index is 6.33. The number of hydrogen-bond donors (Lipinski definition) is 1. The highest BCUT2D eigenvalue weighted by Gasteiger charge is 2.06. The highest BCUT2D eigenvalue weighted by molar-refractivity contribution is 7.15. The molecule has 2 heterocycles. The van der Waals surface area contributed by atoms with E-state index in [-0.39, 0.29) is 0 Å². The molecule has 3 rings (SSSR count). The average molecular weight is 339 g/mol. The van der Waals surface area contributed by atoms with Gasteiger partial charge in [0.2, 0.25) is 0 Å². The summed E-state index contributed by atoms with van der Waals surface area (Å²) in [6.45, 7) is 2.61. The molecule has 21 heavy (non-hydrogen) atoms. The van der Waals surface area contributed by atoms with Gasteiger partial charge in [-0.05, 0) is 31.2 Å². The molecule has 0 saturated carbocycles. The summed E-state index contributed by atoms with van der Waals surface area (Å²) in [5.74, 6) is 0. The molecule has 4 nitrogen and oxygen atoms in total. The van der Waals surface area contributed by atoms with E-state index in [1.165, 1.54) is 11.3 Å². The molecule has 0 bridgehead atoms. The van der Waals surface area contributed by atoms with Gasteiger partial charge in [0.1, 0.15) is 0 Å². The van der Waals surface area contributed by atoms with Crippen LogP contribution in [0, 0.1) is 6.92 Å². The van der Waals surface area contributed by atoms with Crippen LogP contribution in [0.25, 0.3) is 5.69 Å². The van der Waals surface area contributed by atoms with Gasteiger partial charge < -0.3 is 5.32 Å². The minimum absolute atomic E-state index is 0.550. The molecule has 0 aliphatic carbocycles. The van der Waals surface area contributed by atoms with Crippen LogP contribution in [0.5, 0.6) is 0 Å². The topological polar surface area (TPSA) is 42.7 Å². The fourth-order valence-electron chi connectivity index (χ4n) is 1.91. The summed E-state index contributed by atoms with van der Waals surface area (Å²) in [7, 11) is 0. The van der Waals surface area contributed by atoms with E-state index in [2.05, 4.69) is 15.4 Å². The van der Waals surface area contributed by atoms with E-state index in [4.69, 9.17) is 23.2 Å². The largest absolute Gasteiger partial charge is 0.380 e. The highest BCUT2D eigenvalue weighted by atomic mass is 35.5. The summed E-state index contributed by atoms with van der Waals surface area (Å²) in [6, 6.07) is 7.74. The first-order valence-electron chi connectivity index (χ1n) is 6.28. The molecule has 0 fully saturated rings. The van der Waals surface area contributed by atoms with Crippen molar-refractivity contribution >= 4 is 40.2 Å². The molecule has 0 atom stereocenters. The number of benzene rings is 1. The number of nitrogens with zero attached hydrogens (tertiary/aromatic N) is 3. The number of hydrogen-bond acceptors (Lipinski definition) is 4. The van der Waals surface area contributed by atoms with Crippen molar-refractivity contribution < 1.29 is 0 Å². The first-order chi connectivity index (χ1) is 10.1. The molecule has 3 aromatic rings. The SMILES string of the molecule is Cc1ccn(-c2ccc(NCc3cnc(Cl)s3)cc2Cl)n1. The molecule has 0 saturated heterocycles. The molecule has 0 spiro atoms. The normalized spacial score (nSPS) is 10.8. The minimum atomic E-state index is 0.550. The third kappa shape index (κ3) is 3.37. The second-order valence-electron chi connectivity index (χ2n) is 4.50. The van der Waals surface area contributed by atoms with Crippen LogP contribution in [0.15, 0.2) is 36.7 Å². The van der Waals surface area contributed by atoms with Crippen molar-refractivity contribution in [1.82, 2.24) is 14.8 Å². The van der Waals surface area contributed by atoms with Gasteiger partial charge in [0.25, 0.3) is 0 Å². The van der Waals surface area contributed by atoms with Crippen molar-refractivity contribution in [3.63, 3.8) is 0 Å². The van der Waals surface area contributed by atoms with Gasteiger partial charge >= 0.3 is 0 Å². The van der Waals surface area contributed by atoms with E-state index >= 15 is 0 Å². The van der Waals surface area contributed by atoms with Crippen molar-refractivity contribution in [1.29, 1.82) is 0 Å². The highest BCUT2D eigenvalue weighted by Crippen LogP contribution is 2.25. The van der Waals surface area contributed by atoms with Gasteiger partial charge in [0.05, 0.1) is 22.9 Å². The zero-order chi connectivity index (χ0) is 14.8. The van der Waals surface area contributed by atoms with Crippen molar-refractivity contribution in [3.05, 3.63) is 56.7 Å². The van der Waals surface area contributed by atoms with Crippen molar-refractivity contribution in [3.8, 4) is 5.69 Å². The third-order valence-corrected chi connectivity index (χ3v) is 4.33. The molecular formula is C14H12Cl2N4S. The van der Waals surface area contributed by atoms with Gasteiger partial charge in [-0.1, -0.05) is 23.2 Å². The summed E-state index contributed by atoms with van der Waals surface area (Å²) < 4.78 is 2.32. The molecular weight excluding hydrogens is 327 g/mol. The third-order valence-electron chi connectivity index (χ3n) is 2.91. The zero-order valence-electron chi connectivity index (χ0n) is 11.2. The van der Waals surface area contributed by atoms with Crippen LogP contribution >= 0.6 is 34.5 Å². The quantitative estimate of drug-likeness (QED) is 0.758. The first kappa shape index (κ1) is 14.4. The van der Waals surface area contributed by atoms with E-state index in [0.717, 1.165) is 21.9 Å². The zero-order valence-corrected chi connectivity index (χ0v) is 13.5. The van der Waals surface area contributed by atoms with Crippen molar-refractivity contribution in [2.75, 3.05) is 5.32 Å². The Hall–Kier alpha value is -1.56. The average Bonchev–Trinajstić information content (AvgIpc) is 3.05. The van der Waals surface area contributed by atoms with Gasteiger partial charge in [-0.3, -0.25) is 0 Å². The van der Waals surface area contributed by atoms with Crippen molar-refractivity contribution in [2.24, 2.45) is 0 Å². The number of anilines is 1. The number of nitrogens with one attached hydrogen (secondary N) is 1. The number of halogens is 2. The Labute approximate surface area is 136 Å². The lowest BCUT2D eigenvalue weighted by molar-refractivity contribution is 0.863. The van der Waals surface area contributed by atoms with E-state index in [1.54, 1.807) is 10.9 Å². The van der Waals surface area contributed by atoms with Gasteiger partial charge in [0, 0.05) is 23.0 Å². The van der Waals surface area contributed by atoms with Gasteiger partial charge in [-0.25, -0.2) is 9.67 Å². The van der Waals surface area contributed by atoms with E-state index < -0.39 is 0 Å². The summed E-state index contributed by atoms with van der Waals surface area (Å²) in [4.78, 5) is 5.08. The van der Waals surface area contributed by atoms with Crippen LogP contribution in [-0.2, 0) is 6.54 Å². The monoisotopic (exact) mass is 338 g/mol. The van der Waals surface area contributed by atoms with E-state index in [9.17, 15) is 0 Å². The molecule has 1 N–H and O–H groups in total. The van der Waals surface area contributed by atoms with Crippen LogP contribution in [0.4, 0.5) is 5.69 Å². The Morgan fingerprint density at radius 2 is 2.14 bits per heavy atom. The van der Waals surface area contributed by atoms with Gasteiger partial charge in [0.15, 0.2) is 4.47 Å². The van der Waals surface area contributed by atoms with E-state index in [1.807, 2.05) is 37.4 Å². The van der Waals surface area contributed by atoms with Crippen LogP contribution in [0.1, 0.15) is 10.6 Å². The molecule has 0 aliphatic rings. The smallest absolute Gasteiger partial charge is 0.183 e.